The van der Waals surface area contributed by atoms with Crippen LogP contribution in [0.5, 0.6) is 5.75 Å². The number of ether oxygens (including phenoxy) is 1. The topological polar surface area (TPSA) is 50.4 Å². The predicted molar refractivity (Wildman–Crippen MR) is 63.8 cm³/mol. The number of urea groups is 1. The Kier molecular flexibility index (Phi) is 4.97. The van der Waals surface area contributed by atoms with Crippen LogP contribution in [0.2, 0.25) is 0 Å². The second-order valence-electron chi connectivity index (χ2n) is 2.77. The van der Waals surface area contributed by atoms with Crippen molar-refractivity contribution in [2.75, 3.05) is 24.3 Å². The normalized spacial score (nSPS) is 9.47. The first-order valence-electron chi connectivity index (χ1n) is 4.54. The molecule has 0 radical (unpaired) electrons. The number of alkyl halides is 1. The van der Waals surface area contributed by atoms with Gasteiger partial charge < -0.3 is 15.4 Å². The highest BCUT2D eigenvalue weighted by molar-refractivity contribution is 9.09. The molecule has 0 saturated carbocycles. The van der Waals surface area contributed by atoms with Gasteiger partial charge in [-0.1, -0.05) is 15.9 Å². The molecule has 0 bridgehead atoms. The Morgan fingerprint density at radius 2 is 2.07 bits per heavy atom. The van der Waals surface area contributed by atoms with Crippen molar-refractivity contribution in [1.82, 2.24) is 5.32 Å². The maximum atomic E-state index is 11.0. The molecule has 0 unspecified atom stereocenters. The number of rotatable bonds is 4. The average molecular weight is 273 g/mol. The summed E-state index contributed by atoms with van der Waals surface area (Å²) >= 11 is 3.27. The molecule has 2 N–H and O–H groups in total. The fourth-order valence-electron chi connectivity index (χ4n) is 0.985. The first kappa shape index (κ1) is 11.8. The number of nitrogens with one attached hydrogen (secondary N) is 2. The van der Waals surface area contributed by atoms with Crippen molar-refractivity contribution < 1.29 is 9.53 Å². The van der Waals surface area contributed by atoms with Gasteiger partial charge in [0.2, 0.25) is 0 Å². The molecule has 4 nitrogen and oxygen atoms in total. The Balaban J connectivity index is 2.52. The minimum atomic E-state index is -0.232. The van der Waals surface area contributed by atoms with Crippen molar-refractivity contribution in [3.05, 3.63) is 24.3 Å². The summed E-state index contributed by atoms with van der Waals surface area (Å²) in [5.74, 6) is 0.789. The van der Waals surface area contributed by atoms with Crippen molar-refractivity contribution in [3.63, 3.8) is 0 Å². The number of hydrogen-bond donors (Lipinski definition) is 2. The first-order valence-corrected chi connectivity index (χ1v) is 5.66. The lowest BCUT2D eigenvalue weighted by Gasteiger charge is -2.06. The van der Waals surface area contributed by atoms with Gasteiger partial charge in [-0.05, 0) is 24.3 Å². The molecule has 5 heteroatoms. The van der Waals surface area contributed by atoms with Gasteiger partial charge in [0.25, 0.3) is 0 Å². The molecule has 0 aliphatic heterocycles. The van der Waals surface area contributed by atoms with Gasteiger partial charge in [0.05, 0.1) is 6.61 Å². The summed E-state index contributed by atoms with van der Waals surface area (Å²) in [6.45, 7) is 0.627. The van der Waals surface area contributed by atoms with Crippen LogP contribution in [0.25, 0.3) is 0 Å². The smallest absolute Gasteiger partial charge is 0.318 e. The standard InChI is InChI=1S/C10H13BrN2O2/c1-12-10(14)13-8-2-4-9(5-3-8)15-7-6-11/h2-5H,6-7H2,1H3,(H2,12,13,14). The van der Waals surface area contributed by atoms with Crippen LogP contribution in [0.4, 0.5) is 10.5 Å². The maximum Gasteiger partial charge on any atom is 0.318 e. The lowest BCUT2D eigenvalue weighted by molar-refractivity contribution is 0.254. The molecule has 0 aliphatic rings. The molecule has 0 aromatic heterocycles. The summed E-state index contributed by atoms with van der Waals surface area (Å²) in [5.41, 5.74) is 0.737. The number of hydrogen-bond acceptors (Lipinski definition) is 2. The Labute approximate surface area is 97.1 Å². The fraction of sp³-hybridized carbons (Fsp3) is 0.300. The van der Waals surface area contributed by atoms with Gasteiger partial charge in [0.15, 0.2) is 0 Å². The first-order chi connectivity index (χ1) is 7.26. The van der Waals surface area contributed by atoms with Crippen molar-refractivity contribution in [2.45, 2.75) is 0 Å². The van der Waals surface area contributed by atoms with Crippen LogP contribution in [0.1, 0.15) is 0 Å². The minimum Gasteiger partial charge on any atom is -0.493 e. The fourth-order valence-corrected chi connectivity index (χ4v) is 1.15. The van der Waals surface area contributed by atoms with Crippen LogP contribution in [-0.2, 0) is 0 Å². The Morgan fingerprint density at radius 1 is 1.40 bits per heavy atom. The molecule has 15 heavy (non-hydrogen) atoms. The monoisotopic (exact) mass is 272 g/mol. The van der Waals surface area contributed by atoms with Gasteiger partial charge in [-0.15, -0.1) is 0 Å². The molecule has 1 aromatic carbocycles. The molecule has 82 valence electrons. The van der Waals surface area contributed by atoms with Crippen molar-refractivity contribution in [2.24, 2.45) is 0 Å². The van der Waals surface area contributed by atoms with E-state index >= 15 is 0 Å². The SMILES string of the molecule is CNC(=O)Nc1ccc(OCCBr)cc1. The van der Waals surface area contributed by atoms with Crippen molar-refractivity contribution in [3.8, 4) is 5.75 Å². The van der Waals surface area contributed by atoms with Crippen LogP contribution in [0.15, 0.2) is 24.3 Å². The van der Waals surface area contributed by atoms with E-state index in [1.54, 1.807) is 19.2 Å². The molecule has 0 aliphatic carbocycles. The number of halogens is 1. The van der Waals surface area contributed by atoms with Crippen molar-refractivity contribution >= 4 is 27.6 Å². The third kappa shape index (κ3) is 4.20. The van der Waals surface area contributed by atoms with E-state index in [-0.39, 0.29) is 6.03 Å². The van der Waals surface area contributed by atoms with Crippen LogP contribution < -0.4 is 15.4 Å². The zero-order chi connectivity index (χ0) is 11.1. The molecule has 0 saturated heterocycles. The van der Waals surface area contributed by atoms with Crippen LogP contribution >= 0.6 is 15.9 Å². The Bertz CT molecular complexity index is 314. The molecule has 1 aromatic rings. The highest BCUT2D eigenvalue weighted by Crippen LogP contribution is 2.15. The molecular weight excluding hydrogens is 260 g/mol. The number of anilines is 1. The number of benzene rings is 1. The third-order valence-electron chi connectivity index (χ3n) is 1.69. The highest BCUT2D eigenvalue weighted by atomic mass is 79.9. The summed E-state index contributed by atoms with van der Waals surface area (Å²) in [5, 5.41) is 5.93. The predicted octanol–water partition coefficient (Wildman–Crippen LogP) is 2.21. The molecule has 1 rings (SSSR count). The van der Waals surface area contributed by atoms with Gasteiger partial charge in [-0.3, -0.25) is 0 Å². The molecule has 2 amide bonds. The van der Waals surface area contributed by atoms with Gasteiger partial charge in [0.1, 0.15) is 5.75 Å². The molecule has 0 spiro atoms. The van der Waals surface area contributed by atoms with E-state index in [9.17, 15) is 4.79 Å². The Hall–Kier alpha value is -1.23. The zero-order valence-corrected chi connectivity index (χ0v) is 10.0. The number of carbonyl (C=O) groups is 1. The van der Waals surface area contributed by atoms with Crippen LogP contribution in [0, 0.1) is 0 Å². The van der Waals surface area contributed by atoms with Gasteiger partial charge in [-0.2, -0.15) is 0 Å². The molecule has 0 heterocycles. The van der Waals surface area contributed by atoms with Crippen molar-refractivity contribution in [1.29, 1.82) is 0 Å². The molecule has 0 atom stereocenters. The minimum absolute atomic E-state index is 0.232. The van der Waals surface area contributed by atoms with E-state index in [4.69, 9.17) is 4.74 Å². The van der Waals surface area contributed by atoms with Crippen LogP contribution in [-0.4, -0.2) is 25.0 Å². The van der Waals surface area contributed by atoms with E-state index in [2.05, 4.69) is 26.6 Å². The number of carbonyl (C=O) groups excluding carboxylic acids is 1. The van der Waals surface area contributed by atoms with Crippen LogP contribution in [0.3, 0.4) is 0 Å². The zero-order valence-electron chi connectivity index (χ0n) is 8.42. The summed E-state index contributed by atoms with van der Waals surface area (Å²) in [7, 11) is 1.57. The second kappa shape index (κ2) is 6.29. The van der Waals surface area contributed by atoms with Gasteiger partial charge in [0, 0.05) is 18.1 Å². The molecule has 0 fully saturated rings. The third-order valence-corrected chi connectivity index (χ3v) is 2.01. The van der Waals surface area contributed by atoms with Gasteiger partial charge in [-0.25, -0.2) is 4.79 Å². The van der Waals surface area contributed by atoms with E-state index in [0.29, 0.717) is 6.61 Å². The second-order valence-corrected chi connectivity index (χ2v) is 3.56. The van der Waals surface area contributed by atoms with E-state index in [1.165, 1.54) is 0 Å². The van der Waals surface area contributed by atoms with E-state index in [0.717, 1.165) is 16.8 Å². The largest absolute Gasteiger partial charge is 0.493 e. The summed E-state index contributed by atoms with van der Waals surface area (Å²) in [6.07, 6.45) is 0. The lowest BCUT2D eigenvalue weighted by Crippen LogP contribution is -2.24. The summed E-state index contributed by atoms with van der Waals surface area (Å²) in [6, 6.07) is 6.98. The average Bonchev–Trinajstić information content (AvgIpc) is 2.28. The quantitative estimate of drug-likeness (QED) is 0.826. The van der Waals surface area contributed by atoms with E-state index < -0.39 is 0 Å². The summed E-state index contributed by atoms with van der Waals surface area (Å²) in [4.78, 5) is 11.0. The molecular formula is C10H13BrN2O2. The Morgan fingerprint density at radius 3 is 2.60 bits per heavy atom. The summed E-state index contributed by atoms with van der Waals surface area (Å²) < 4.78 is 5.37. The van der Waals surface area contributed by atoms with Gasteiger partial charge >= 0.3 is 6.03 Å². The highest BCUT2D eigenvalue weighted by Gasteiger charge is 1.98. The lowest BCUT2D eigenvalue weighted by atomic mass is 10.3. The maximum absolute atomic E-state index is 11.0. The number of amides is 2. The van der Waals surface area contributed by atoms with E-state index in [1.807, 2.05) is 12.1 Å².